The van der Waals surface area contributed by atoms with Gasteiger partial charge in [0.15, 0.2) is 0 Å². The van der Waals surface area contributed by atoms with Gasteiger partial charge in [-0.05, 0) is 30.9 Å². The molecule has 0 aromatic carbocycles. The summed E-state index contributed by atoms with van der Waals surface area (Å²) in [5.41, 5.74) is 1.18. The average Bonchev–Trinajstić information content (AvgIpc) is 2.44. The van der Waals surface area contributed by atoms with Crippen molar-refractivity contribution in [2.75, 3.05) is 18.0 Å². The number of anilines is 1. The van der Waals surface area contributed by atoms with Gasteiger partial charge in [0.2, 0.25) is 0 Å². The Hall–Kier alpha value is -1.72. The van der Waals surface area contributed by atoms with Gasteiger partial charge in [0.1, 0.15) is 5.82 Å². The lowest BCUT2D eigenvalue weighted by Crippen LogP contribution is -2.61. The van der Waals surface area contributed by atoms with E-state index in [2.05, 4.69) is 36.7 Å². The van der Waals surface area contributed by atoms with Crippen molar-refractivity contribution in [1.29, 1.82) is 0 Å². The van der Waals surface area contributed by atoms with Crippen LogP contribution in [0, 0.1) is 0 Å². The van der Waals surface area contributed by atoms with E-state index < -0.39 is 11.8 Å². The van der Waals surface area contributed by atoms with Gasteiger partial charge in [-0.1, -0.05) is 26.8 Å². The molecule has 1 aromatic rings. The maximum Gasteiger partial charge on any atom is 0.322 e. The smallest absolute Gasteiger partial charge is 0.322 e. The normalized spacial score (nSPS) is 22.7. The fourth-order valence-electron chi connectivity index (χ4n) is 3.15. The van der Waals surface area contributed by atoms with Gasteiger partial charge in [0, 0.05) is 38.3 Å². The SMILES string of the molecule is C[C@@H]1CN(c2ccc(C(C)(C)C)cn2)C[C@H](C)N1C(=O)C(C)(F)F. The number of carbonyl (C=O) groups excluding carboxylic acids is 1. The summed E-state index contributed by atoms with van der Waals surface area (Å²) in [6, 6.07) is 3.42. The minimum Gasteiger partial charge on any atom is -0.353 e. The highest BCUT2D eigenvalue weighted by Gasteiger charge is 2.43. The summed E-state index contributed by atoms with van der Waals surface area (Å²) in [6.45, 7) is 11.6. The van der Waals surface area contributed by atoms with Crippen LogP contribution < -0.4 is 4.90 Å². The number of carbonyl (C=O) groups is 1. The highest BCUT2D eigenvalue weighted by Crippen LogP contribution is 2.27. The van der Waals surface area contributed by atoms with E-state index in [1.54, 1.807) is 13.8 Å². The number of amides is 1. The van der Waals surface area contributed by atoms with Crippen molar-refractivity contribution >= 4 is 11.7 Å². The molecule has 1 fully saturated rings. The second-order valence-corrected chi connectivity index (χ2v) is 7.86. The molecule has 2 heterocycles. The van der Waals surface area contributed by atoms with Crippen molar-refractivity contribution in [1.82, 2.24) is 9.88 Å². The second-order valence-electron chi connectivity index (χ2n) is 7.86. The molecular weight excluding hydrogens is 312 g/mol. The third-order valence-electron chi connectivity index (χ3n) is 4.47. The van der Waals surface area contributed by atoms with Crippen molar-refractivity contribution in [3.05, 3.63) is 23.9 Å². The summed E-state index contributed by atoms with van der Waals surface area (Å²) in [5.74, 6) is -3.62. The molecule has 0 bridgehead atoms. The van der Waals surface area contributed by atoms with Crippen LogP contribution in [0.5, 0.6) is 0 Å². The molecule has 24 heavy (non-hydrogen) atoms. The molecule has 1 aliphatic heterocycles. The Morgan fingerprint density at radius 2 is 1.67 bits per heavy atom. The number of hydrogen-bond donors (Lipinski definition) is 0. The molecule has 0 radical (unpaired) electrons. The molecule has 0 aliphatic carbocycles. The van der Waals surface area contributed by atoms with Gasteiger partial charge in [-0.2, -0.15) is 8.78 Å². The Morgan fingerprint density at radius 1 is 1.12 bits per heavy atom. The van der Waals surface area contributed by atoms with Crippen molar-refractivity contribution in [2.24, 2.45) is 0 Å². The number of alkyl halides is 2. The summed E-state index contributed by atoms with van der Waals surface area (Å²) < 4.78 is 26.8. The minimum atomic E-state index is -3.34. The highest BCUT2D eigenvalue weighted by molar-refractivity contribution is 5.84. The van der Waals surface area contributed by atoms with E-state index >= 15 is 0 Å². The number of halogens is 2. The molecule has 134 valence electrons. The zero-order valence-electron chi connectivity index (χ0n) is 15.3. The molecule has 0 spiro atoms. The standard InChI is InChI=1S/C18H27F2N3O/c1-12-10-22(11-13(2)23(12)16(24)18(6,19)20)15-8-7-14(9-21-15)17(3,4)5/h7-9,12-13H,10-11H2,1-6H3/t12-,13+. The number of hydrogen-bond acceptors (Lipinski definition) is 3. The van der Waals surface area contributed by atoms with Gasteiger partial charge in [0.05, 0.1) is 0 Å². The summed E-state index contributed by atoms with van der Waals surface area (Å²) in [4.78, 5) is 19.9. The maximum atomic E-state index is 13.4. The summed E-state index contributed by atoms with van der Waals surface area (Å²) in [6.07, 6.45) is 1.86. The van der Waals surface area contributed by atoms with Crippen LogP contribution in [0.25, 0.3) is 0 Å². The third kappa shape index (κ3) is 3.84. The summed E-state index contributed by atoms with van der Waals surface area (Å²) >= 11 is 0. The van der Waals surface area contributed by atoms with E-state index in [4.69, 9.17) is 0 Å². The molecule has 2 rings (SSSR count). The number of pyridine rings is 1. The van der Waals surface area contributed by atoms with E-state index in [0.717, 1.165) is 11.4 Å². The first kappa shape index (κ1) is 18.6. The van der Waals surface area contributed by atoms with Crippen LogP contribution in [0.4, 0.5) is 14.6 Å². The van der Waals surface area contributed by atoms with Crippen LogP contribution in [0.3, 0.4) is 0 Å². The van der Waals surface area contributed by atoms with Crippen molar-refractivity contribution < 1.29 is 13.6 Å². The molecular formula is C18H27F2N3O. The number of nitrogens with zero attached hydrogens (tertiary/aromatic N) is 3. The van der Waals surface area contributed by atoms with Gasteiger partial charge in [0.25, 0.3) is 5.91 Å². The van der Waals surface area contributed by atoms with Crippen LogP contribution in [0.1, 0.15) is 47.1 Å². The molecule has 1 aliphatic rings. The Balaban J connectivity index is 2.15. The molecule has 0 unspecified atom stereocenters. The van der Waals surface area contributed by atoms with Gasteiger partial charge in [-0.15, -0.1) is 0 Å². The quantitative estimate of drug-likeness (QED) is 0.828. The van der Waals surface area contributed by atoms with E-state index in [-0.39, 0.29) is 17.5 Å². The van der Waals surface area contributed by atoms with Crippen molar-refractivity contribution in [2.45, 2.75) is 65.0 Å². The van der Waals surface area contributed by atoms with Crippen molar-refractivity contribution in [3.8, 4) is 0 Å². The van der Waals surface area contributed by atoms with Crippen molar-refractivity contribution in [3.63, 3.8) is 0 Å². The molecule has 2 atom stereocenters. The number of piperazine rings is 1. The Morgan fingerprint density at radius 3 is 2.04 bits per heavy atom. The van der Waals surface area contributed by atoms with Crippen LogP contribution in [-0.2, 0) is 10.2 Å². The minimum absolute atomic E-state index is 0.0317. The predicted molar refractivity (Wildman–Crippen MR) is 91.5 cm³/mol. The van der Waals surface area contributed by atoms with Gasteiger partial charge in [-0.3, -0.25) is 4.79 Å². The molecule has 6 heteroatoms. The Bertz CT molecular complexity index is 578. The largest absolute Gasteiger partial charge is 0.353 e. The molecule has 4 nitrogen and oxygen atoms in total. The van der Waals surface area contributed by atoms with Gasteiger partial charge in [-0.25, -0.2) is 4.98 Å². The fraction of sp³-hybridized carbons (Fsp3) is 0.667. The van der Waals surface area contributed by atoms with E-state index in [0.29, 0.717) is 20.0 Å². The molecule has 1 saturated heterocycles. The topological polar surface area (TPSA) is 36.4 Å². The Kier molecular flexibility index (Phi) is 4.88. The first-order valence-corrected chi connectivity index (χ1v) is 8.33. The summed E-state index contributed by atoms with van der Waals surface area (Å²) in [5, 5.41) is 0. The lowest BCUT2D eigenvalue weighted by molar-refractivity contribution is -0.160. The van der Waals surface area contributed by atoms with E-state index in [1.807, 2.05) is 12.3 Å². The van der Waals surface area contributed by atoms with Gasteiger partial charge < -0.3 is 9.80 Å². The average molecular weight is 339 g/mol. The number of rotatable bonds is 2. The number of aromatic nitrogens is 1. The molecule has 0 N–H and O–H groups in total. The zero-order chi connectivity index (χ0) is 18.3. The maximum absolute atomic E-state index is 13.4. The van der Waals surface area contributed by atoms with Crippen LogP contribution in [0.15, 0.2) is 18.3 Å². The molecule has 0 saturated carbocycles. The van der Waals surface area contributed by atoms with Crippen LogP contribution >= 0.6 is 0 Å². The second kappa shape index (κ2) is 6.30. The molecule has 1 aromatic heterocycles. The first-order valence-electron chi connectivity index (χ1n) is 8.33. The van der Waals surface area contributed by atoms with E-state index in [1.165, 1.54) is 4.90 Å². The monoisotopic (exact) mass is 339 g/mol. The third-order valence-corrected chi connectivity index (χ3v) is 4.47. The van der Waals surface area contributed by atoms with Crippen LogP contribution in [0.2, 0.25) is 0 Å². The fourth-order valence-corrected chi connectivity index (χ4v) is 3.15. The van der Waals surface area contributed by atoms with Gasteiger partial charge >= 0.3 is 5.92 Å². The lowest BCUT2D eigenvalue weighted by Gasteiger charge is -2.45. The summed E-state index contributed by atoms with van der Waals surface area (Å²) in [7, 11) is 0. The lowest BCUT2D eigenvalue weighted by atomic mass is 9.88. The van der Waals surface area contributed by atoms with E-state index in [9.17, 15) is 13.6 Å². The Labute approximate surface area is 142 Å². The predicted octanol–water partition coefficient (Wildman–Crippen LogP) is 3.46. The van der Waals surface area contributed by atoms with Crippen LogP contribution in [-0.4, -0.2) is 46.9 Å². The highest BCUT2D eigenvalue weighted by atomic mass is 19.3. The molecule has 1 amide bonds. The first-order chi connectivity index (χ1) is 10.9. The zero-order valence-corrected chi connectivity index (χ0v) is 15.3.